The summed E-state index contributed by atoms with van der Waals surface area (Å²) in [7, 11) is 1.86. The van der Waals surface area contributed by atoms with Gasteiger partial charge in [0.05, 0.1) is 28.2 Å². The first kappa shape index (κ1) is 26.9. The van der Waals surface area contributed by atoms with Crippen molar-refractivity contribution in [3.8, 4) is 44.8 Å². The summed E-state index contributed by atoms with van der Waals surface area (Å²) in [5.41, 5.74) is 12.3. The summed E-state index contributed by atoms with van der Waals surface area (Å²) in [4.78, 5) is 23.7. The molecular formula is C33H25N9OS. The Bertz CT molecular complexity index is 2260. The summed E-state index contributed by atoms with van der Waals surface area (Å²) in [5, 5.41) is 20.7. The van der Waals surface area contributed by atoms with Crippen molar-refractivity contribution in [3.05, 3.63) is 118 Å². The van der Waals surface area contributed by atoms with Crippen LogP contribution >= 0.6 is 11.3 Å². The second kappa shape index (κ2) is 10.7. The molecular weight excluding hydrogens is 570 g/mol. The average Bonchev–Trinajstić information content (AvgIpc) is 3.72. The number of fused-ring (bicyclic) bond motifs is 1. The van der Waals surface area contributed by atoms with Crippen LogP contribution in [0.5, 0.6) is 0 Å². The topological polar surface area (TPSA) is 132 Å². The van der Waals surface area contributed by atoms with Gasteiger partial charge in [0, 0.05) is 29.4 Å². The van der Waals surface area contributed by atoms with Crippen molar-refractivity contribution in [3.63, 3.8) is 0 Å². The zero-order valence-electron chi connectivity index (χ0n) is 23.8. The lowest BCUT2D eigenvalue weighted by molar-refractivity contribution is 0.630. The Morgan fingerprint density at radius 3 is 2.25 bits per heavy atom. The Labute approximate surface area is 255 Å². The highest BCUT2D eigenvalue weighted by Crippen LogP contribution is 2.39. The van der Waals surface area contributed by atoms with Gasteiger partial charge < -0.3 is 11.1 Å². The van der Waals surface area contributed by atoms with Crippen LogP contribution in [0.4, 0.5) is 17.3 Å². The lowest BCUT2D eigenvalue weighted by Gasteiger charge is -2.08. The van der Waals surface area contributed by atoms with Gasteiger partial charge in [0.15, 0.2) is 11.5 Å². The predicted octanol–water partition coefficient (Wildman–Crippen LogP) is 6.18. The van der Waals surface area contributed by atoms with Crippen LogP contribution < -0.4 is 16.6 Å². The first-order valence-corrected chi connectivity index (χ1v) is 14.6. The number of thiazole rings is 1. The number of nitriles is 1. The Morgan fingerprint density at radius 1 is 0.909 bits per heavy atom. The maximum absolute atomic E-state index is 13.8. The number of nitrogens with two attached hydrogens (primary N) is 1. The van der Waals surface area contributed by atoms with Crippen molar-refractivity contribution < 1.29 is 0 Å². The molecule has 0 fully saturated rings. The number of aromatic nitrogens is 6. The molecule has 0 aliphatic rings. The van der Waals surface area contributed by atoms with Gasteiger partial charge in [-0.2, -0.15) is 9.78 Å². The molecule has 214 valence electrons. The number of nitrogens with one attached hydrogen (secondary N) is 1. The van der Waals surface area contributed by atoms with Crippen LogP contribution in [0.3, 0.4) is 0 Å². The van der Waals surface area contributed by atoms with Crippen molar-refractivity contribution in [1.29, 1.82) is 5.26 Å². The molecule has 7 aromatic rings. The highest BCUT2D eigenvalue weighted by molar-refractivity contribution is 7.13. The number of para-hydroxylation sites is 2. The van der Waals surface area contributed by atoms with Crippen LogP contribution in [-0.2, 0) is 7.05 Å². The van der Waals surface area contributed by atoms with E-state index in [9.17, 15) is 10.1 Å². The van der Waals surface area contributed by atoms with E-state index in [0.29, 0.717) is 39.0 Å². The maximum atomic E-state index is 13.8. The zero-order valence-corrected chi connectivity index (χ0v) is 24.6. The second-order valence-corrected chi connectivity index (χ2v) is 11.0. The zero-order chi connectivity index (χ0) is 30.4. The number of rotatable bonds is 6. The van der Waals surface area contributed by atoms with Crippen LogP contribution in [0, 0.1) is 18.3 Å². The molecule has 0 radical (unpaired) electrons. The fourth-order valence-corrected chi connectivity index (χ4v) is 6.14. The SMILES string of the molecule is Cc1c(-c2csc(-c3c(Nc4ccccc4)nn4c(N)c(C#N)c(-c5ccccc5)nc34)n2)c(=O)n(-c2ccccc2)n1C. The van der Waals surface area contributed by atoms with Gasteiger partial charge >= 0.3 is 0 Å². The predicted molar refractivity (Wildman–Crippen MR) is 173 cm³/mol. The van der Waals surface area contributed by atoms with E-state index in [1.807, 2.05) is 115 Å². The summed E-state index contributed by atoms with van der Waals surface area (Å²) in [6, 6.07) is 30.8. The lowest BCUT2D eigenvalue weighted by atomic mass is 10.1. The standard InChI is InChI=1S/C33H25N9OS/c1-20-26(33(43)42(40(20)2)23-16-10-5-11-17-23)25-19-44-32(37-25)27-30(36-22-14-8-4-9-15-22)39-41-29(35)24(18-34)28(38-31(27)41)21-12-6-3-7-13-21/h3-17,19H,35H2,1-2H3,(H,36,39). The normalized spacial score (nSPS) is 11.1. The summed E-state index contributed by atoms with van der Waals surface area (Å²) in [5.74, 6) is 0.636. The molecule has 7 rings (SSSR count). The molecule has 10 nitrogen and oxygen atoms in total. The molecule has 4 aromatic heterocycles. The second-order valence-electron chi connectivity index (χ2n) is 10.1. The fraction of sp³-hybridized carbons (Fsp3) is 0.0606. The van der Waals surface area contributed by atoms with Crippen molar-refractivity contribution in [1.82, 2.24) is 28.9 Å². The smallest absolute Gasteiger partial charge is 0.281 e. The van der Waals surface area contributed by atoms with Gasteiger partial charge in [0.2, 0.25) is 0 Å². The van der Waals surface area contributed by atoms with Gasteiger partial charge in [0.25, 0.3) is 5.56 Å². The monoisotopic (exact) mass is 595 g/mol. The average molecular weight is 596 g/mol. The number of nitrogens with zero attached hydrogens (tertiary/aromatic N) is 7. The van der Waals surface area contributed by atoms with Crippen LogP contribution in [0.2, 0.25) is 0 Å². The van der Waals surface area contributed by atoms with E-state index < -0.39 is 0 Å². The highest BCUT2D eigenvalue weighted by Gasteiger charge is 2.26. The van der Waals surface area contributed by atoms with Crippen molar-refractivity contribution in [2.45, 2.75) is 6.92 Å². The molecule has 0 bridgehead atoms. The van der Waals surface area contributed by atoms with Crippen molar-refractivity contribution >= 4 is 34.3 Å². The van der Waals surface area contributed by atoms with Gasteiger partial charge in [-0.1, -0.05) is 66.7 Å². The molecule has 0 amide bonds. The van der Waals surface area contributed by atoms with Crippen LogP contribution in [0.1, 0.15) is 11.3 Å². The maximum Gasteiger partial charge on any atom is 0.281 e. The first-order chi connectivity index (χ1) is 21.5. The van der Waals surface area contributed by atoms with E-state index in [1.54, 1.807) is 4.68 Å². The fourth-order valence-electron chi connectivity index (χ4n) is 5.29. The Morgan fingerprint density at radius 2 is 1.57 bits per heavy atom. The van der Waals surface area contributed by atoms with E-state index in [4.69, 9.17) is 20.8 Å². The summed E-state index contributed by atoms with van der Waals surface area (Å²) >= 11 is 1.38. The van der Waals surface area contributed by atoms with Gasteiger partial charge in [-0.3, -0.25) is 9.48 Å². The minimum absolute atomic E-state index is 0.164. The first-order valence-electron chi connectivity index (χ1n) is 13.8. The van der Waals surface area contributed by atoms with Crippen LogP contribution in [0.25, 0.3) is 44.4 Å². The van der Waals surface area contributed by atoms with Gasteiger partial charge in [-0.15, -0.1) is 16.4 Å². The van der Waals surface area contributed by atoms with Crippen molar-refractivity contribution in [2.24, 2.45) is 7.05 Å². The van der Waals surface area contributed by atoms with Gasteiger partial charge in [0.1, 0.15) is 22.5 Å². The summed E-state index contributed by atoms with van der Waals surface area (Å²) < 4.78 is 4.95. The van der Waals surface area contributed by atoms with Gasteiger partial charge in [-0.05, 0) is 31.2 Å². The Kier molecular flexibility index (Phi) is 6.53. The minimum Gasteiger partial charge on any atom is -0.382 e. The quantitative estimate of drug-likeness (QED) is 0.235. The molecule has 3 N–H and O–H groups in total. The summed E-state index contributed by atoms with van der Waals surface area (Å²) in [6.45, 7) is 1.91. The van der Waals surface area contributed by atoms with Crippen LogP contribution in [0.15, 0.2) is 101 Å². The molecule has 0 atom stereocenters. The van der Waals surface area contributed by atoms with E-state index in [1.165, 1.54) is 15.9 Å². The van der Waals surface area contributed by atoms with Gasteiger partial charge in [-0.25, -0.2) is 14.6 Å². The van der Waals surface area contributed by atoms with E-state index in [-0.39, 0.29) is 16.9 Å². The number of hydrogen-bond donors (Lipinski definition) is 2. The third kappa shape index (κ3) is 4.33. The van der Waals surface area contributed by atoms with Crippen LogP contribution in [-0.4, -0.2) is 28.9 Å². The Hall–Kier alpha value is -5.99. The van der Waals surface area contributed by atoms with E-state index in [0.717, 1.165) is 22.6 Å². The molecule has 11 heteroatoms. The van der Waals surface area contributed by atoms with E-state index in [2.05, 4.69) is 11.4 Å². The lowest BCUT2D eigenvalue weighted by Crippen LogP contribution is -2.20. The van der Waals surface area contributed by atoms with E-state index >= 15 is 0 Å². The molecule has 0 saturated carbocycles. The number of hydrogen-bond acceptors (Lipinski definition) is 8. The number of anilines is 3. The number of benzene rings is 3. The molecule has 0 aliphatic heterocycles. The largest absolute Gasteiger partial charge is 0.382 e. The minimum atomic E-state index is -0.164. The molecule has 4 heterocycles. The Balaban J connectivity index is 1.45. The molecule has 0 aliphatic carbocycles. The highest BCUT2D eigenvalue weighted by atomic mass is 32.1. The summed E-state index contributed by atoms with van der Waals surface area (Å²) in [6.07, 6.45) is 0. The third-order valence-corrected chi connectivity index (χ3v) is 8.38. The van der Waals surface area contributed by atoms with Crippen molar-refractivity contribution in [2.75, 3.05) is 11.1 Å². The molecule has 0 unspecified atom stereocenters. The molecule has 0 saturated heterocycles. The molecule has 0 spiro atoms. The molecule has 44 heavy (non-hydrogen) atoms. The number of nitrogen functional groups attached to an aromatic ring is 1. The third-order valence-electron chi connectivity index (χ3n) is 7.52. The molecule has 3 aromatic carbocycles.